The highest BCUT2D eigenvalue weighted by Gasteiger charge is 2.14. The minimum Gasteiger partial charge on any atom is -0.388 e. The molecule has 0 amide bonds. The van der Waals surface area contributed by atoms with Crippen LogP contribution in [0.15, 0.2) is 48.5 Å². The van der Waals surface area contributed by atoms with Crippen molar-refractivity contribution >= 4 is 11.0 Å². The van der Waals surface area contributed by atoms with Crippen LogP contribution < -0.4 is 5.32 Å². The second-order valence-electron chi connectivity index (χ2n) is 6.16. The SMILES string of the molecule is C[C@@H](C[C@H](O)c1ccc(F)cc1)NCc1nc2ccccc2n1C. The van der Waals surface area contributed by atoms with E-state index < -0.39 is 6.10 Å². The summed E-state index contributed by atoms with van der Waals surface area (Å²) in [7, 11) is 2.00. The van der Waals surface area contributed by atoms with E-state index in [2.05, 4.69) is 14.9 Å². The third-order valence-corrected chi connectivity index (χ3v) is 4.32. The van der Waals surface area contributed by atoms with Gasteiger partial charge in [0.15, 0.2) is 0 Å². The fourth-order valence-electron chi connectivity index (χ4n) is 2.86. The topological polar surface area (TPSA) is 50.1 Å². The van der Waals surface area contributed by atoms with Gasteiger partial charge in [-0.2, -0.15) is 0 Å². The summed E-state index contributed by atoms with van der Waals surface area (Å²) >= 11 is 0. The number of hydrogen-bond acceptors (Lipinski definition) is 3. The molecule has 5 heteroatoms. The summed E-state index contributed by atoms with van der Waals surface area (Å²) in [5.41, 5.74) is 2.82. The number of imidazole rings is 1. The predicted molar refractivity (Wildman–Crippen MR) is 93.0 cm³/mol. The van der Waals surface area contributed by atoms with Crippen LogP contribution in [-0.4, -0.2) is 20.7 Å². The van der Waals surface area contributed by atoms with Crippen molar-refractivity contribution in [2.24, 2.45) is 7.05 Å². The molecule has 0 radical (unpaired) electrons. The van der Waals surface area contributed by atoms with Crippen LogP contribution in [0.1, 0.15) is 30.8 Å². The molecular formula is C19H22FN3O. The van der Waals surface area contributed by atoms with Gasteiger partial charge in [0.05, 0.1) is 23.7 Å². The van der Waals surface area contributed by atoms with Crippen LogP contribution in [0.3, 0.4) is 0 Å². The van der Waals surface area contributed by atoms with Gasteiger partial charge in [-0.05, 0) is 43.2 Å². The van der Waals surface area contributed by atoms with Gasteiger partial charge in [0.2, 0.25) is 0 Å². The first-order valence-corrected chi connectivity index (χ1v) is 8.12. The molecule has 0 saturated heterocycles. The lowest BCUT2D eigenvalue weighted by molar-refractivity contribution is 0.153. The average molecular weight is 327 g/mol. The first-order valence-electron chi connectivity index (χ1n) is 8.12. The molecule has 0 bridgehead atoms. The third-order valence-electron chi connectivity index (χ3n) is 4.32. The van der Waals surface area contributed by atoms with E-state index >= 15 is 0 Å². The largest absolute Gasteiger partial charge is 0.388 e. The zero-order valence-corrected chi connectivity index (χ0v) is 13.9. The van der Waals surface area contributed by atoms with E-state index in [4.69, 9.17) is 0 Å². The van der Waals surface area contributed by atoms with Crippen molar-refractivity contribution < 1.29 is 9.50 Å². The van der Waals surface area contributed by atoms with Gasteiger partial charge >= 0.3 is 0 Å². The Morgan fingerprint density at radius 2 is 1.88 bits per heavy atom. The van der Waals surface area contributed by atoms with Gasteiger partial charge in [-0.3, -0.25) is 0 Å². The van der Waals surface area contributed by atoms with Crippen molar-refractivity contribution in [1.29, 1.82) is 0 Å². The maximum atomic E-state index is 12.9. The summed E-state index contributed by atoms with van der Waals surface area (Å²) in [6.45, 7) is 2.65. The van der Waals surface area contributed by atoms with E-state index in [0.29, 0.717) is 13.0 Å². The highest BCUT2D eigenvalue weighted by Crippen LogP contribution is 2.19. The number of rotatable bonds is 6. The fraction of sp³-hybridized carbons (Fsp3) is 0.316. The summed E-state index contributed by atoms with van der Waals surface area (Å²) in [5, 5.41) is 13.7. The molecule has 126 valence electrons. The molecule has 3 aromatic rings. The van der Waals surface area contributed by atoms with Crippen molar-refractivity contribution in [3.63, 3.8) is 0 Å². The van der Waals surface area contributed by atoms with E-state index in [1.54, 1.807) is 12.1 Å². The molecule has 2 atom stereocenters. The summed E-state index contributed by atoms with van der Waals surface area (Å²) in [5.74, 6) is 0.665. The predicted octanol–water partition coefficient (Wildman–Crippen LogP) is 3.31. The number of aliphatic hydroxyl groups is 1. The molecule has 1 heterocycles. The monoisotopic (exact) mass is 327 g/mol. The number of aryl methyl sites for hydroxylation is 1. The molecule has 1 aromatic heterocycles. The van der Waals surface area contributed by atoms with E-state index in [9.17, 15) is 9.50 Å². The van der Waals surface area contributed by atoms with Gasteiger partial charge in [0.25, 0.3) is 0 Å². The quantitative estimate of drug-likeness (QED) is 0.730. The van der Waals surface area contributed by atoms with Crippen LogP contribution in [0.5, 0.6) is 0 Å². The smallest absolute Gasteiger partial charge is 0.123 e. The summed E-state index contributed by atoms with van der Waals surface area (Å²) in [6.07, 6.45) is -0.0659. The van der Waals surface area contributed by atoms with Crippen molar-refractivity contribution in [3.8, 4) is 0 Å². The molecule has 0 fully saturated rings. The molecule has 0 saturated carbocycles. The average Bonchev–Trinajstić information content (AvgIpc) is 2.90. The number of aromatic nitrogens is 2. The standard InChI is InChI=1S/C19H22FN3O/c1-13(11-18(24)14-7-9-15(20)10-8-14)21-12-19-22-16-5-3-4-6-17(16)23(19)2/h3-10,13,18,21,24H,11-12H2,1-2H3/t13-,18-/m0/s1. The van der Waals surface area contributed by atoms with E-state index in [0.717, 1.165) is 22.4 Å². The second kappa shape index (κ2) is 7.11. The van der Waals surface area contributed by atoms with Crippen LogP contribution in [0, 0.1) is 5.82 Å². The number of benzene rings is 2. The number of aliphatic hydroxyl groups excluding tert-OH is 1. The van der Waals surface area contributed by atoms with Crippen molar-refractivity contribution in [2.45, 2.75) is 32.0 Å². The van der Waals surface area contributed by atoms with Crippen molar-refractivity contribution in [2.75, 3.05) is 0 Å². The Morgan fingerprint density at radius 3 is 2.58 bits per heavy atom. The molecular weight excluding hydrogens is 305 g/mol. The third kappa shape index (κ3) is 3.63. The number of nitrogens with one attached hydrogen (secondary N) is 1. The van der Waals surface area contributed by atoms with Crippen molar-refractivity contribution in [3.05, 3.63) is 65.7 Å². The lowest BCUT2D eigenvalue weighted by Gasteiger charge is -2.18. The zero-order chi connectivity index (χ0) is 17.1. The summed E-state index contributed by atoms with van der Waals surface area (Å²) in [4.78, 5) is 4.63. The van der Waals surface area contributed by atoms with Crippen LogP contribution in [-0.2, 0) is 13.6 Å². The van der Waals surface area contributed by atoms with Crippen LogP contribution in [0.25, 0.3) is 11.0 Å². The first kappa shape index (κ1) is 16.6. The fourth-order valence-corrected chi connectivity index (χ4v) is 2.86. The molecule has 0 spiro atoms. The van der Waals surface area contributed by atoms with Gasteiger partial charge in [-0.25, -0.2) is 9.37 Å². The van der Waals surface area contributed by atoms with Gasteiger partial charge < -0.3 is 15.0 Å². The summed E-state index contributed by atoms with van der Waals surface area (Å²) < 4.78 is 15.0. The normalized spacial score (nSPS) is 14.0. The Morgan fingerprint density at radius 1 is 1.17 bits per heavy atom. The molecule has 0 unspecified atom stereocenters. The number of para-hydroxylation sites is 2. The molecule has 4 nitrogen and oxygen atoms in total. The maximum absolute atomic E-state index is 12.9. The Hall–Kier alpha value is -2.24. The minimum atomic E-state index is -0.617. The van der Waals surface area contributed by atoms with E-state index in [-0.39, 0.29) is 11.9 Å². The van der Waals surface area contributed by atoms with Crippen LogP contribution in [0.2, 0.25) is 0 Å². The Balaban J connectivity index is 1.59. The summed E-state index contributed by atoms with van der Waals surface area (Å²) in [6, 6.07) is 14.1. The van der Waals surface area contributed by atoms with Gasteiger partial charge in [-0.1, -0.05) is 24.3 Å². The highest BCUT2D eigenvalue weighted by atomic mass is 19.1. The van der Waals surface area contributed by atoms with Crippen LogP contribution in [0.4, 0.5) is 4.39 Å². The van der Waals surface area contributed by atoms with Crippen molar-refractivity contribution in [1.82, 2.24) is 14.9 Å². The number of fused-ring (bicyclic) bond motifs is 1. The van der Waals surface area contributed by atoms with Gasteiger partial charge in [-0.15, -0.1) is 0 Å². The Labute approximate surface area is 141 Å². The maximum Gasteiger partial charge on any atom is 0.123 e. The van der Waals surface area contributed by atoms with Gasteiger partial charge in [0, 0.05) is 13.1 Å². The molecule has 0 aliphatic carbocycles. The number of halogens is 1. The number of hydrogen-bond donors (Lipinski definition) is 2. The minimum absolute atomic E-state index is 0.102. The molecule has 2 aromatic carbocycles. The van der Waals surface area contributed by atoms with E-state index in [1.165, 1.54) is 12.1 Å². The van der Waals surface area contributed by atoms with Gasteiger partial charge in [0.1, 0.15) is 11.6 Å². The molecule has 0 aliphatic rings. The van der Waals surface area contributed by atoms with Crippen LogP contribution >= 0.6 is 0 Å². The Kier molecular flexibility index (Phi) is 4.92. The Bertz CT molecular complexity index is 813. The zero-order valence-electron chi connectivity index (χ0n) is 13.9. The molecule has 2 N–H and O–H groups in total. The second-order valence-corrected chi connectivity index (χ2v) is 6.16. The molecule has 24 heavy (non-hydrogen) atoms. The number of nitrogens with zero attached hydrogens (tertiary/aromatic N) is 2. The first-order chi connectivity index (χ1) is 11.5. The van der Waals surface area contributed by atoms with E-state index in [1.807, 2.05) is 38.2 Å². The lowest BCUT2D eigenvalue weighted by atomic mass is 10.0. The highest BCUT2D eigenvalue weighted by molar-refractivity contribution is 5.75. The molecule has 0 aliphatic heterocycles. The lowest BCUT2D eigenvalue weighted by Crippen LogP contribution is -2.28. The molecule has 3 rings (SSSR count).